The van der Waals surface area contributed by atoms with Crippen molar-refractivity contribution >= 4 is 16.9 Å². The first-order chi connectivity index (χ1) is 10.9. The molecule has 1 aromatic rings. The topological polar surface area (TPSA) is 81.7 Å². The maximum Gasteiger partial charge on any atom is 0.309 e. The summed E-state index contributed by atoms with van der Waals surface area (Å²) >= 11 is 0. The molecule has 0 spiro atoms. The number of hydrogen-bond acceptors (Lipinski definition) is 5. The summed E-state index contributed by atoms with van der Waals surface area (Å²) in [4.78, 5) is 11.8. The third-order valence-corrected chi connectivity index (χ3v) is 4.24. The number of hydrogen-bond donors (Lipinski definition) is 2. The Morgan fingerprint density at radius 1 is 1.39 bits per heavy atom. The van der Waals surface area contributed by atoms with Crippen LogP contribution in [0.25, 0.3) is 0 Å². The summed E-state index contributed by atoms with van der Waals surface area (Å²) in [6.07, 6.45) is 0.359. The van der Waals surface area contributed by atoms with E-state index in [1.165, 1.54) is 7.11 Å². The Hall–Kier alpha value is -1.58. The van der Waals surface area contributed by atoms with E-state index >= 15 is 0 Å². The van der Waals surface area contributed by atoms with E-state index in [-0.39, 0.29) is 24.3 Å². The molecule has 0 aliphatic carbocycles. The highest BCUT2D eigenvalue weighted by atomic mass is 32.2. The number of esters is 1. The summed E-state index contributed by atoms with van der Waals surface area (Å²) in [5, 5.41) is 0. The Labute approximate surface area is 133 Å². The number of carbonyl (C=O) groups excluding carboxylic acids is 1. The van der Waals surface area contributed by atoms with Gasteiger partial charge >= 0.3 is 5.97 Å². The van der Waals surface area contributed by atoms with Crippen LogP contribution < -0.4 is 4.72 Å². The molecule has 6 nitrogen and oxygen atoms in total. The fourth-order valence-electron chi connectivity index (χ4n) is 2.65. The predicted octanol–water partition coefficient (Wildman–Crippen LogP) is 0.874. The van der Waals surface area contributed by atoms with Gasteiger partial charge < -0.3 is 9.47 Å². The molecule has 1 N–H and O–H groups in total. The molecule has 1 aliphatic heterocycles. The third kappa shape index (κ3) is 4.24. The van der Waals surface area contributed by atoms with Gasteiger partial charge in [-0.2, -0.15) is 0 Å². The summed E-state index contributed by atoms with van der Waals surface area (Å²) in [5.74, 6) is -3.22. The van der Waals surface area contributed by atoms with Crippen molar-refractivity contribution in [2.24, 2.45) is 5.92 Å². The molecule has 0 aromatic heterocycles. The molecule has 0 amide bonds. The standard InChI is InChI=1S/C14H17F2NO5S/c1-21-14(18)9-2-3-22-7-11(9)10-5-12(15)8(4-13(10)16)6-17-23(19)20/h4-5,9,11,23H,2-3,6-7H2,1H3,(H,17,19,20)/t9-,11-/m0/s1. The maximum atomic E-state index is 14.3. The Morgan fingerprint density at radius 3 is 2.78 bits per heavy atom. The first-order valence-corrected chi connectivity index (χ1v) is 8.13. The van der Waals surface area contributed by atoms with Gasteiger partial charge in [-0.3, -0.25) is 4.79 Å². The average Bonchev–Trinajstić information content (AvgIpc) is 2.54. The largest absolute Gasteiger partial charge is 0.469 e. The van der Waals surface area contributed by atoms with Gasteiger partial charge in [0.05, 0.1) is 19.6 Å². The van der Waals surface area contributed by atoms with Gasteiger partial charge in [-0.05, 0) is 24.1 Å². The highest BCUT2D eigenvalue weighted by molar-refractivity contribution is 7.70. The molecule has 1 heterocycles. The van der Waals surface area contributed by atoms with Crippen LogP contribution in [0.2, 0.25) is 0 Å². The van der Waals surface area contributed by atoms with E-state index in [2.05, 4.69) is 0 Å². The van der Waals surface area contributed by atoms with Crippen LogP contribution in [0.4, 0.5) is 8.78 Å². The van der Waals surface area contributed by atoms with E-state index in [0.29, 0.717) is 13.0 Å². The molecule has 1 aliphatic rings. The fraction of sp³-hybridized carbons (Fsp3) is 0.500. The van der Waals surface area contributed by atoms with E-state index < -0.39 is 40.3 Å². The molecule has 2 rings (SSSR count). The van der Waals surface area contributed by atoms with Crippen LogP contribution in [-0.2, 0) is 31.7 Å². The quantitative estimate of drug-likeness (QED) is 0.609. The molecule has 0 saturated carbocycles. The zero-order valence-electron chi connectivity index (χ0n) is 12.4. The lowest BCUT2D eigenvalue weighted by Gasteiger charge is -2.30. The number of thiol groups is 1. The fourth-order valence-corrected chi connectivity index (χ4v) is 2.95. The van der Waals surface area contributed by atoms with Gasteiger partial charge in [0.2, 0.25) is 10.9 Å². The van der Waals surface area contributed by atoms with Crippen molar-refractivity contribution in [3.8, 4) is 0 Å². The van der Waals surface area contributed by atoms with E-state index in [0.717, 1.165) is 12.1 Å². The first kappa shape index (κ1) is 17.8. The van der Waals surface area contributed by atoms with E-state index in [1.807, 2.05) is 4.72 Å². The van der Waals surface area contributed by atoms with Crippen molar-refractivity contribution in [1.82, 2.24) is 4.72 Å². The molecule has 1 aromatic carbocycles. The van der Waals surface area contributed by atoms with Gasteiger partial charge in [-0.15, -0.1) is 0 Å². The average molecular weight is 349 g/mol. The van der Waals surface area contributed by atoms with Crippen molar-refractivity contribution in [2.75, 3.05) is 20.3 Å². The van der Waals surface area contributed by atoms with Crippen molar-refractivity contribution in [3.63, 3.8) is 0 Å². The molecular formula is C14H17F2NO5S. The van der Waals surface area contributed by atoms with Gasteiger partial charge in [-0.25, -0.2) is 21.9 Å². The molecule has 0 bridgehead atoms. The smallest absolute Gasteiger partial charge is 0.309 e. The van der Waals surface area contributed by atoms with Crippen LogP contribution >= 0.6 is 0 Å². The lowest BCUT2D eigenvalue weighted by atomic mass is 9.82. The molecule has 1 saturated heterocycles. The van der Waals surface area contributed by atoms with Crippen molar-refractivity contribution < 1.29 is 31.5 Å². The Balaban J connectivity index is 2.30. The van der Waals surface area contributed by atoms with Gasteiger partial charge in [0.25, 0.3) is 0 Å². The Morgan fingerprint density at radius 2 is 2.13 bits per heavy atom. The van der Waals surface area contributed by atoms with Crippen LogP contribution in [0, 0.1) is 17.6 Å². The maximum absolute atomic E-state index is 14.3. The lowest BCUT2D eigenvalue weighted by Crippen LogP contribution is -2.33. The number of benzene rings is 1. The van der Waals surface area contributed by atoms with Crippen LogP contribution in [0.3, 0.4) is 0 Å². The summed E-state index contributed by atoms with van der Waals surface area (Å²) in [5.41, 5.74) is -0.0929. The zero-order valence-corrected chi connectivity index (χ0v) is 13.3. The minimum absolute atomic E-state index is 0.0212. The molecule has 0 radical (unpaired) electrons. The number of ether oxygens (including phenoxy) is 2. The summed E-state index contributed by atoms with van der Waals surface area (Å²) in [6, 6.07) is 1.92. The SMILES string of the molecule is COC(=O)[C@H]1CCOC[C@@H]1c1cc(F)c(CN[SH](=O)=O)cc1F. The number of nitrogens with one attached hydrogen (secondary N) is 1. The molecular weight excluding hydrogens is 332 g/mol. The molecule has 2 atom stereocenters. The second-order valence-corrected chi connectivity index (χ2v) is 5.99. The Bertz CT molecular complexity index is 657. The minimum atomic E-state index is -2.90. The van der Waals surface area contributed by atoms with Crippen LogP contribution in [0.1, 0.15) is 23.5 Å². The van der Waals surface area contributed by atoms with E-state index in [9.17, 15) is 22.0 Å². The normalized spacial score (nSPS) is 21.4. The minimum Gasteiger partial charge on any atom is -0.469 e. The number of methoxy groups -OCH3 is 1. The molecule has 23 heavy (non-hydrogen) atoms. The monoisotopic (exact) mass is 349 g/mol. The molecule has 1 fully saturated rings. The van der Waals surface area contributed by atoms with Crippen molar-refractivity contribution in [1.29, 1.82) is 0 Å². The van der Waals surface area contributed by atoms with Crippen molar-refractivity contribution in [3.05, 3.63) is 34.9 Å². The molecule has 0 unspecified atom stereocenters. The number of halogens is 2. The van der Waals surface area contributed by atoms with E-state index in [4.69, 9.17) is 9.47 Å². The van der Waals surface area contributed by atoms with Crippen LogP contribution in [-0.4, -0.2) is 34.7 Å². The van der Waals surface area contributed by atoms with Crippen molar-refractivity contribution in [2.45, 2.75) is 18.9 Å². The first-order valence-electron chi connectivity index (χ1n) is 6.95. The van der Waals surface area contributed by atoms with E-state index in [1.54, 1.807) is 0 Å². The second kappa shape index (κ2) is 7.80. The van der Waals surface area contributed by atoms with Gasteiger partial charge in [-0.1, -0.05) is 0 Å². The highest BCUT2D eigenvalue weighted by Gasteiger charge is 2.35. The van der Waals surface area contributed by atoms with Crippen LogP contribution in [0.15, 0.2) is 12.1 Å². The number of carbonyl (C=O) groups is 1. The zero-order chi connectivity index (χ0) is 17.0. The summed E-state index contributed by atoms with van der Waals surface area (Å²) < 4.78 is 61.4. The van der Waals surface area contributed by atoms with Crippen LogP contribution in [0.5, 0.6) is 0 Å². The van der Waals surface area contributed by atoms with Gasteiger partial charge in [0.1, 0.15) is 11.6 Å². The van der Waals surface area contributed by atoms with Gasteiger partial charge in [0, 0.05) is 24.6 Å². The summed E-state index contributed by atoms with van der Waals surface area (Å²) in [6.45, 7) is 0.0857. The molecule has 128 valence electrons. The molecule has 9 heteroatoms. The predicted molar refractivity (Wildman–Crippen MR) is 77.2 cm³/mol. The Kier molecular flexibility index (Phi) is 6.03. The second-order valence-electron chi connectivity index (χ2n) is 5.16. The van der Waals surface area contributed by atoms with Gasteiger partial charge in [0.15, 0.2) is 0 Å². The third-order valence-electron chi connectivity index (χ3n) is 3.82. The highest BCUT2D eigenvalue weighted by Crippen LogP contribution is 2.34. The number of rotatable bonds is 5. The lowest BCUT2D eigenvalue weighted by molar-refractivity contribution is -0.149. The summed E-state index contributed by atoms with van der Waals surface area (Å²) in [7, 11) is -1.66.